The molecule has 21 heavy (non-hydrogen) atoms. The van der Waals surface area contributed by atoms with Gasteiger partial charge >= 0.3 is 0 Å². The van der Waals surface area contributed by atoms with Gasteiger partial charge in [0.25, 0.3) is 0 Å². The fraction of sp³-hybridized carbons (Fsp3) is 0.235. The van der Waals surface area contributed by atoms with E-state index in [9.17, 15) is 9.18 Å². The van der Waals surface area contributed by atoms with Crippen LogP contribution in [0.1, 0.15) is 40.0 Å². The molecule has 0 heterocycles. The molecule has 0 bridgehead atoms. The number of hydrogen-bond donors (Lipinski definition) is 2. The number of benzene rings is 2. The first-order valence-electron chi connectivity index (χ1n) is 6.85. The third-order valence-corrected chi connectivity index (χ3v) is 3.51. The molecule has 0 saturated heterocycles. The van der Waals surface area contributed by atoms with Crippen LogP contribution in [0.15, 0.2) is 42.5 Å². The molecular formula is C17H19FN2O. The minimum absolute atomic E-state index is 0.0854. The maximum atomic E-state index is 13.7. The second-order valence-electron chi connectivity index (χ2n) is 5.18. The van der Waals surface area contributed by atoms with Crippen molar-refractivity contribution in [1.82, 2.24) is 5.32 Å². The van der Waals surface area contributed by atoms with Crippen LogP contribution in [0.3, 0.4) is 0 Å². The molecule has 0 saturated carbocycles. The van der Waals surface area contributed by atoms with Gasteiger partial charge in [-0.1, -0.05) is 29.8 Å². The maximum Gasteiger partial charge on any atom is 0.248 e. The van der Waals surface area contributed by atoms with E-state index in [0.29, 0.717) is 17.7 Å². The summed E-state index contributed by atoms with van der Waals surface area (Å²) in [6, 6.07) is 12.4. The van der Waals surface area contributed by atoms with Crippen molar-refractivity contribution in [2.45, 2.75) is 26.4 Å². The first-order valence-corrected chi connectivity index (χ1v) is 6.85. The van der Waals surface area contributed by atoms with Gasteiger partial charge in [0.1, 0.15) is 5.82 Å². The van der Waals surface area contributed by atoms with Gasteiger partial charge in [0.2, 0.25) is 5.91 Å². The van der Waals surface area contributed by atoms with Gasteiger partial charge in [-0.05, 0) is 37.6 Å². The average molecular weight is 286 g/mol. The number of carbonyl (C=O) groups excluding carboxylic acids is 1. The lowest BCUT2D eigenvalue weighted by molar-refractivity contribution is 0.1000. The highest BCUT2D eigenvalue weighted by atomic mass is 19.1. The monoisotopic (exact) mass is 286 g/mol. The molecule has 0 spiro atoms. The highest BCUT2D eigenvalue weighted by molar-refractivity contribution is 5.92. The molecule has 0 aliphatic heterocycles. The third kappa shape index (κ3) is 3.89. The molecule has 0 aliphatic carbocycles. The van der Waals surface area contributed by atoms with E-state index in [-0.39, 0.29) is 11.9 Å². The lowest BCUT2D eigenvalue weighted by atomic mass is 10.1. The number of hydrogen-bond acceptors (Lipinski definition) is 2. The fourth-order valence-electron chi connectivity index (χ4n) is 2.10. The van der Waals surface area contributed by atoms with E-state index in [1.165, 1.54) is 23.8 Å². The smallest absolute Gasteiger partial charge is 0.248 e. The van der Waals surface area contributed by atoms with Gasteiger partial charge in [0, 0.05) is 23.7 Å². The van der Waals surface area contributed by atoms with E-state index >= 15 is 0 Å². The quantitative estimate of drug-likeness (QED) is 0.887. The van der Waals surface area contributed by atoms with Crippen LogP contribution < -0.4 is 11.1 Å². The number of rotatable bonds is 5. The van der Waals surface area contributed by atoms with Gasteiger partial charge < -0.3 is 11.1 Å². The highest BCUT2D eigenvalue weighted by Gasteiger charge is 2.09. The third-order valence-electron chi connectivity index (χ3n) is 3.51. The van der Waals surface area contributed by atoms with Crippen molar-refractivity contribution in [2.24, 2.45) is 5.73 Å². The van der Waals surface area contributed by atoms with E-state index in [1.807, 2.05) is 38.1 Å². The van der Waals surface area contributed by atoms with Crippen molar-refractivity contribution in [1.29, 1.82) is 0 Å². The van der Waals surface area contributed by atoms with Crippen LogP contribution in [0.25, 0.3) is 0 Å². The molecule has 110 valence electrons. The van der Waals surface area contributed by atoms with E-state index < -0.39 is 5.91 Å². The second kappa shape index (κ2) is 6.50. The van der Waals surface area contributed by atoms with Crippen molar-refractivity contribution < 1.29 is 9.18 Å². The number of halogens is 1. The topological polar surface area (TPSA) is 55.1 Å². The zero-order chi connectivity index (χ0) is 15.4. The highest BCUT2D eigenvalue weighted by Crippen LogP contribution is 2.16. The van der Waals surface area contributed by atoms with Crippen LogP contribution in [-0.2, 0) is 6.54 Å². The summed E-state index contributed by atoms with van der Waals surface area (Å²) in [6.45, 7) is 4.38. The van der Waals surface area contributed by atoms with E-state index in [0.717, 1.165) is 5.56 Å². The number of carbonyl (C=O) groups is 1. The van der Waals surface area contributed by atoms with Crippen LogP contribution in [0.5, 0.6) is 0 Å². The van der Waals surface area contributed by atoms with E-state index in [1.54, 1.807) is 0 Å². The lowest BCUT2D eigenvalue weighted by Gasteiger charge is -2.15. The van der Waals surface area contributed by atoms with Gasteiger partial charge in [0.05, 0.1) is 0 Å². The van der Waals surface area contributed by atoms with Gasteiger partial charge in [-0.2, -0.15) is 0 Å². The maximum absolute atomic E-state index is 13.7. The molecule has 4 heteroatoms. The van der Waals surface area contributed by atoms with Gasteiger partial charge in [-0.15, -0.1) is 0 Å². The number of amides is 1. The zero-order valence-corrected chi connectivity index (χ0v) is 12.2. The van der Waals surface area contributed by atoms with Crippen molar-refractivity contribution in [3.8, 4) is 0 Å². The molecule has 3 N–H and O–H groups in total. The molecule has 0 fully saturated rings. The molecule has 0 aliphatic rings. The van der Waals surface area contributed by atoms with Crippen LogP contribution in [0, 0.1) is 12.7 Å². The fourth-order valence-corrected chi connectivity index (χ4v) is 2.10. The number of nitrogens with one attached hydrogen (secondary N) is 1. The summed E-state index contributed by atoms with van der Waals surface area (Å²) >= 11 is 0. The summed E-state index contributed by atoms with van der Waals surface area (Å²) in [5.41, 5.74) is 8.30. The lowest BCUT2D eigenvalue weighted by Crippen LogP contribution is -2.19. The Hall–Kier alpha value is -2.20. The Morgan fingerprint density at radius 2 is 1.90 bits per heavy atom. The Balaban J connectivity index is 2.07. The minimum atomic E-state index is -0.553. The summed E-state index contributed by atoms with van der Waals surface area (Å²) in [5, 5.41) is 3.25. The molecule has 2 rings (SSSR count). The summed E-state index contributed by atoms with van der Waals surface area (Å²) < 4.78 is 13.7. The molecule has 0 aromatic heterocycles. The van der Waals surface area contributed by atoms with E-state index in [4.69, 9.17) is 5.73 Å². The minimum Gasteiger partial charge on any atom is -0.366 e. The molecule has 0 radical (unpaired) electrons. The van der Waals surface area contributed by atoms with Crippen molar-refractivity contribution in [3.05, 3.63) is 70.5 Å². The van der Waals surface area contributed by atoms with Gasteiger partial charge in [0.15, 0.2) is 0 Å². The number of aryl methyl sites for hydroxylation is 1. The number of primary amides is 1. The molecule has 2 aromatic carbocycles. The predicted molar refractivity (Wildman–Crippen MR) is 81.4 cm³/mol. The standard InChI is InChI=1S/C17H19FN2O/c1-11-3-5-13(6-4-11)12(2)20-10-15-9-14(17(19)21)7-8-16(15)18/h3-9,12,20H,10H2,1-2H3,(H2,19,21)/t12-/m0/s1. The van der Waals surface area contributed by atoms with Gasteiger partial charge in [-0.25, -0.2) is 4.39 Å². The molecule has 1 atom stereocenters. The molecule has 0 unspecified atom stereocenters. The molecule has 1 amide bonds. The molecule has 2 aromatic rings. The first kappa shape index (κ1) is 15.2. The Morgan fingerprint density at radius 1 is 1.24 bits per heavy atom. The second-order valence-corrected chi connectivity index (χ2v) is 5.18. The van der Waals surface area contributed by atoms with Gasteiger partial charge in [-0.3, -0.25) is 4.79 Å². The number of nitrogens with two attached hydrogens (primary N) is 1. The largest absolute Gasteiger partial charge is 0.366 e. The van der Waals surface area contributed by atoms with Crippen molar-refractivity contribution in [2.75, 3.05) is 0 Å². The van der Waals surface area contributed by atoms with Crippen LogP contribution in [-0.4, -0.2) is 5.91 Å². The van der Waals surface area contributed by atoms with Crippen LogP contribution in [0.4, 0.5) is 4.39 Å². The van der Waals surface area contributed by atoms with Crippen LogP contribution >= 0.6 is 0 Å². The SMILES string of the molecule is Cc1ccc([C@H](C)NCc2cc(C(N)=O)ccc2F)cc1. The zero-order valence-electron chi connectivity index (χ0n) is 12.2. The predicted octanol–water partition coefficient (Wildman–Crippen LogP) is 3.08. The molecule has 3 nitrogen and oxygen atoms in total. The Bertz CT molecular complexity index is 638. The Kier molecular flexibility index (Phi) is 4.70. The molecular weight excluding hydrogens is 267 g/mol. The average Bonchev–Trinajstić information content (AvgIpc) is 2.46. The van der Waals surface area contributed by atoms with Crippen molar-refractivity contribution in [3.63, 3.8) is 0 Å². The van der Waals surface area contributed by atoms with Crippen molar-refractivity contribution >= 4 is 5.91 Å². The summed E-state index contributed by atoms with van der Waals surface area (Å²) in [5.74, 6) is -0.897. The first-order chi connectivity index (χ1) is 9.97. The van der Waals surface area contributed by atoms with Crippen LogP contribution in [0.2, 0.25) is 0 Å². The summed E-state index contributed by atoms with van der Waals surface area (Å²) in [7, 11) is 0. The Morgan fingerprint density at radius 3 is 2.52 bits per heavy atom. The summed E-state index contributed by atoms with van der Waals surface area (Å²) in [4.78, 5) is 11.1. The summed E-state index contributed by atoms with van der Waals surface area (Å²) in [6.07, 6.45) is 0. The van der Waals surface area contributed by atoms with E-state index in [2.05, 4.69) is 5.32 Å². The Labute approximate surface area is 124 Å². The normalized spacial score (nSPS) is 12.1.